The quantitative estimate of drug-likeness (QED) is 0.147. The van der Waals surface area contributed by atoms with Crippen molar-refractivity contribution >= 4 is 38.9 Å². The number of benzene rings is 2. The van der Waals surface area contributed by atoms with E-state index in [-0.39, 0.29) is 5.97 Å². The number of hydrogen-bond donors (Lipinski definition) is 0. The van der Waals surface area contributed by atoms with Crippen molar-refractivity contribution in [3.05, 3.63) is 54.1 Å². The van der Waals surface area contributed by atoms with Gasteiger partial charge in [-0.3, -0.25) is 4.79 Å². The van der Waals surface area contributed by atoms with E-state index in [1.54, 1.807) is 17.6 Å². The van der Waals surface area contributed by atoms with Crippen LogP contribution in [-0.4, -0.2) is 17.2 Å². The van der Waals surface area contributed by atoms with Gasteiger partial charge >= 0.3 is 5.97 Å². The summed E-state index contributed by atoms with van der Waals surface area (Å²) < 4.78 is 6.55. The predicted molar refractivity (Wildman–Crippen MR) is 122 cm³/mol. The molecule has 0 spiro atoms. The first-order valence-electron chi connectivity index (χ1n) is 10.4. The SMILES string of the molecule is CCCCCCCCCC(=O)Oc1ccc(/C=N/c2nc3ccccc3s2)cc1. The maximum atomic E-state index is 12.0. The molecule has 0 aliphatic carbocycles. The molecule has 29 heavy (non-hydrogen) atoms. The van der Waals surface area contributed by atoms with Gasteiger partial charge in [0, 0.05) is 12.6 Å². The molecular weight excluding hydrogens is 380 g/mol. The van der Waals surface area contributed by atoms with Crippen molar-refractivity contribution in [2.45, 2.75) is 58.3 Å². The average Bonchev–Trinajstić information content (AvgIpc) is 3.16. The second-order valence-corrected chi connectivity index (χ2v) is 8.15. The Labute approximate surface area is 176 Å². The van der Waals surface area contributed by atoms with Crippen LogP contribution in [0.1, 0.15) is 63.9 Å². The maximum Gasteiger partial charge on any atom is 0.311 e. The Morgan fingerprint density at radius 2 is 1.72 bits per heavy atom. The highest BCUT2D eigenvalue weighted by atomic mass is 32.1. The molecule has 0 aliphatic heterocycles. The lowest BCUT2D eigenvalue weighted by Crippen LogP contribution is -2.07. The largest absolute Gasteiger partial charge is 0.427 e. The molecule has 0 fully saturated rings. The van der Waals surface area contributed by atoms with Gasteiger partial charge in [0.15, 0.2) is 0 Å². The molecule has 1 aromatic heterocycles. The van der Waals surface area contributed by atoms with Crippen molar-refractivity contribution in [2.24, 2.45) is 4.99 Å². The van der Waals surface area contributed by atoms with Crippen molar-refractivity contribution in [2.75, 3.05) is 0 Å². The van der Waals surface area contributed by atoms with Crippen LogP contribution >= 0.6 is 11.3 Å². The number of carbonyl (C=O) groups is 1. The summed E-state index contributed by atoms with van der Waals surface area (Å²) in [6.07, 6.45) is 10.6. The Bertz CT molecular complexity index is 898. The maximum absolute atomic E-state index is 12.0. The fourth-order valence-corrected chi connectivity index (χ4v) is 3.89. The van der Waals surface area contributed by atoms with E-state index in [2.05, 4.69) is 16.9 Å². The zero-order chi connectivity index (χ0) is 20.3. The minimum Gasteiger partial charge on any atom is -0.427 e. The Balaban J connectivity index is 1.42. The fourth-order valence-electron chi connectivity index (χ4n) is 3.08. The van der Waals surface area contributed by atoms with Crippen molar-refractivity contribution in [3.8, 4) is 5.75 Å². The predicted octanol–water partition coefficient (Wildman–Crippen LogP) is 7.09. The highest BCUT2D eigenvalue weighted by Gasteiger charge is 2.05. The summed E-state index contributed by atoms with van der Waals surface area (Å²) in [5.41, 5.74) is 1.91. The van der Waals surface area contributed by atoms with Gasteiger partial charge in [-0.2, -0.15) is 0 Å². The van der Waals surface area contributed by atoms with Crippen LogP contribution in [0, 0.1) is 0 Å². The molecule has 152 valence electrons. The second-order valence-electron chi connectivity index (χ2n) is 7.14. The van der Waals surface area contributed by atoms with Crippen LogP contribution in [0.25, 0.3) is 10.2 Å². The number of aromatic nitrogens is 1. The average molecular weight is 409 g/mol. The standard InChI is InChI=1S/C24H28N2O2S/c1-2-3-4-5-6-7-8-13-23(27)28-20-16-14-19(15-17-20)18-25-24-26-21-11-9-10-12-22(21)29-24/h9-12,14-18H,2-8,13H2,1H3/b25-18+. The van der Waals surface area contributed by atoms with E-state index in [4.69, 9.17) is 4.74 Å². The number of ether oxygens (including phenoxy) is 1. The van der Waals surface area contributed by atoms with Crippen molar-refractivity contribution < 1.29 is 9.53 Å². The molecule has 0 saturated carbocycles. The Hall–Kier alpha value is -2.53. The number of nitrogens with zero attached hydrogens (tertiary/aromatic N) is 2. The molecule has 3 rings (SSSR count). The molecule has 0 saturated heterocycles. The van der Waals surface area contributed by atoms with Crippen LogP contribution in [0.3, 0.4) is 0 Å². The number of fused-ring (bicyclic) bond motifs is 1. The molecule has 5 heteroatoms. The number of hydrogen-bond acceptors (Lipinski definition) is 5. The van der Waals surface area contributed by atoms with Crippen molar-refractivity contribution in [1.82, 2.24) is 4.98 Å². The van der Waals surface area contributed by atoms with E-state index in [1.807, 2.05) is 48.5 Å². The van der Waals surface area contributed by atoms with Crippen LogP contribution < -0.4 is 4.74 Å². The lowest BCUT2D eigenvalue weighted by atomic mass is 10.1. The number of unbranched alkanes of at least 4 members (excludes halogenated alkanes) is 6. The summed E-state index contributed by atoms with van der Waals surface area (Å²) in [6.45, 7) is 2.22. The minimum atomic E-state index is -0.158. The number of rotatable bonds is 11. The van der Waals surface area contributed by atoms with Crippen molar-refractivity contribution in [1.29, 1.82) is 0 Å². The molecule has 0 unspecified atom stereocenters. The number of esters is 1. The molecule has 0 N–H and O–H groups in total. The second kappa shape index (κ2) is 11.5. The zero-order valence-electron chi connectivity index (χ0n) is 17.0. The highest BCUT2D eigenvalue weighted by molar-refractivity contribution is 7.22. The first-order valence-corrected chi connectivity index (χ1v) is 11.3. The number of thiazole rings is 1. The molecule has 0 amide bonds. The van der Waals surface area contributed by atoms with Gasteiger partial charge in [0.1, 0.15) is 5.75 Å². The van der Waals surface area contributed by atoms with Crippen LogP contribution in [0.4, 0.5) is 5.13 Å². The van der Waals surface area contributed by atoms with Gasteiger partial charge in [-0.05, 0) is 48.4 Å². The van der Waals surface area contributed by atoms with E-state index in [0.29, 0.717) is 12.2 Å². The monoisotopic (exact) mass is 408 g/mol. The highest BCUT2D eigenvalue weighted by Crippen LogP contribution is 2.27. The van der Waals surface area contributed by atoms with Gasteiger partial charge in [-0.1, -0.05) is 68.9 Å². The zero-order valence-corrected chi connectivity index (χ0v) is 17.8. The molecular formula is C24H28N2O2S. The van der Waals surface area contributed by atoms with Gasteiger partial charge in [-0.25, -0.2) is 9.98 Å². The third-order valence-corrected chi connectivity index (χ3v) is 5.65. The molecule has 0 aliphatic rings. The molecule has 1 heterocycles. The summed E-state index contributed by atoms with van der Waals surface area (Å²) in [5.74, 6) is 0.421. The Morgan fingerprint density at radius 1 is 1.00 bits per heavy atom. The molecule has 0 atom stereocenters. The van der Waals surface area contributed by atoms with Crippen molar-refractivity contribution in [3.63, 3.8) is 0 Å². The number of aliphatic imine (C=N–C) groups is 1. The lowest BCUT2D eigenvalue weighted by Gasteiger charge is -2.05. The van der Waals surface area contributed by atoms with Gasteiger partial charge in [0.25, 0.3) is 0 Å². The minimum absolute atomic E-state index is 0.158. The van der Waals surface area contributed by atoms with Crippen LogP contribution in [-0.2, 0) is 4.79 Å². The van der Waals surface area contributed by atoms with E-state index in [9.17, 15) is 4.79 Å². The Morgan fingerprint density at radius 3 is 2.48 bits per heavy atom. The molecule has 0 bridgehead atoms. The van der Waals surface area contributed by atoms with E-state index >= 15 is 0 Å². The van der Waals surface area contributed by atoms with Gasteiger partial charge in [-0.15, -0.1) is 0 Å². The molecule has 3 aromatic rings. The summed E-state index contributed by atoms with van der Waals surface area (Å²) in [7, 11) is 0. The Kier molecular flexibility index (Phi) is 8.38. The first-order chi connectivity index (χ1) is 14.2. The van der Waals surface area contributed by atoms with Crippen LogP contribution in [0.2, 0.25) is 0 Å². The summed E-state index contributed by atoms with van der Waals surface area (Å²) in [5, 5.41) is 0.733. The number of para-hydroxylation sites is 1. The summed E-state index contributed by atoms with van der Waals surface area (Å²) in [6, 6.07) is 15.4. The molecule has 4 nitrogen and oxygen atoms in total. The molecule has 0 radical (unpaired) electrons. The van der Waals surface area contributed by atoms with Crippen LogP contribution in [0.15, 0.2) is 53.5 Å². The lowest BCUT2D eigenvalue weighted by molar-refractivity contribution is -0.134. The third-order valence-electron chi connectivity index (χ3n) is 4.70. The summed E-state index contributed by atoms with van der Waals surface area (Å²) in [4.78, 5) is 20.9. The first kappa shape index (κ1) is 21.2. The van der Waals surface area contributed by atoms with E-state index < -0.39 is 0 Å². The van der Waals surface area contributed by atoms with Gasteiger partial charge < -0.3 is 4.74 Å². The normalized spacial score (nSPS) is 11.3. The molecule has 2 aromatic carbocycles. The van der Waals surface area contributed by atoms with Crippen LogP contribution in [0.5, 0.6) is 5.75 Å². The smallest absolute Gasteiger partial charge is 0.311 e. The van der Waals surface area contributed by atoms with E-state index in [1.165, 1.54) is 32.1 Å². The third kappa shape index (κ3) is 7.09. The summed E-state index contributed by atoms with van der Waals surface area (Å²) >= 11 is 1.56. The topological polar surface area (TPSA) is 51.5 Å². The fraction of sp³-hybridized carbons (Fsp3) is 0.375. The van der Waals surface area contributed by atoms with Gasteiger partial charge in [0.2, 0.25) is 5.13 Å². The van der Waals surface area contributed by atoms with E-state index in [0.717, 1.165) is 33.8 Å². The number of carbonyl (C=O) groups excluding carboxylic acids is 1. The van der Waals surface area contributed by atoms with Gasteiger partial charge in [0.05, 0.1) is 10.2 Å².